The summed E-state index contributed by atoms with van der Waals surface area (Å²) in [6.07, 6.45) is 5.30. The lowest BCUT2D eigenvalue weighted by Gasteiger charge is -2.38. The van der Waals surface area contributed by atoms with Gasteiger partial charge >= 0.3 is 0 Å². The summed E-state index contributed by atoms with van der Waals surface area (Å²) in [7, 11) is 0. The number of benzene rings is 2. The monoisotopic (exact) mass is 234 g/mol. The molecule has 0 saturated carbocycles. The average molecular weight is 234 g/mol. The Morgan fingerprint density at radius 1 is 0.667 bits per heavy atom. The predicted octanol–water partition coefficient (Wildman–Crippen LogP) is 4.33. The van der Waals surface area contributed by atoms with Gasteiger partial charge in [0.25, 0.3) is 0 Å². The number of fused-ring (bicyclic) bond motifs is 5. The maximum Gasteiger partial charge on any atom is 0.0123 e. The minimum Gasteiger partial charge on any atom is -0.0620 e. The third kappa shape index (κ3) is 1.45. The third-order valence-electron chi connectivity index (χ3n) is 4.82. The van der Waals surface area contributed by atoms with Crippen LogP contribution in [0.25, 0.3) is 0 Å². The molecule has 0 amide bonds. The Labute approximate surface area is 109 Å². The van der Waals surface area contributed by atoms with Crippen LogP contribution in [0, 0.1) is 5.92 Å². The lowest BCUT2D eigenvalue weighted by atomic mass is 9.66. The smallest absolute Gasteiger partial charge is 0.0123 e. The SMILES string of the molecule is c1ccc2c(c1)CCC1CCc3ccccc3C21. The van der Waals surface area contributed by atoms with Crippen molar-refractivity contribution in [2.75, 3.05) is 0 Å². The Hall–Kier alpha value is -1.56. The van der Waals surface area contributed by atoms with Crippen molar-refractivity contribution in [1.82, 2.24) is 0 Å². The van der Waals surface area contributed by atoms with E-state index in [2.05, 4.69) is 48.5 Å². The van der Waals surface area contributed by atoms with Crippen molar-refractivity contribution in [3.05, 3.63) is 70.8 Å². The summed E-state index contributed by atoms with van der Waals surface area (Å²) in [5.41, 5.74) is 6.35. The van der Waals surface area contributed by atoms with Crippen LogP contribution < -0.4 is 0 Å². The molecule has 0 aromatic heterocycles. The Kier molecular flexibility index (Phi) is 2.29. The minimum atomic E-state index is 0.667. The molecule has 4 rings (SSSR count). The minimum absolute atomic E-state index is 0.667. The van der Waals surface area contributed by atoms with Crippen LogP contribution in [0.4, 0.5) is 0 Å². The molecular weight excluding hydrogens is 216 g/mol. The van der Waals surface area contributed by atoms with E-state index in [0.717, 1.165) is 5.92 Å². The van der Waals surface area contributed by atoms with Gasteiger partial charge in [-0.15, -0.1) is 0 Å². The number of aryl methyl sites for hydroxylation is 2. The van der Waals surface area contributed by atoms with Gasteiger partial charge in [-0.2, -0.15) is 0 Å². The maximum absolute atomic E-state index is 2.36. The molecule has 0 saturated heterocycles. The summed E-state index contributed by atoms with van der Waals surface area (Å²) in [6.45, 7) is 0. The van der Waals surface area contributed by atoms with Crippen molar-refractivity contribution < 1.29 is 0 Å². The van der Waals surface area contributed by atoms with E-state index in [1.54, 1.807) is 22.3 Å². The molecule has 0 aliphatic heterocycles. The standard InChI is InChI=1S/C18H18/c1-3-7-16-13(5-1)9-11-15-12-10-14-6-2-4-8-17(14)18(15)16/h1-8,15,18H,9-12H2. The van der Waals surface area contributed by atoms with Gasteiger partial charge in [-0.3, -0.25) is 0 Å². The molecule has 0 bridgehead atoms. The predicted molar refractivity (Wildman–Crippen MR) is 74.9 cm³/mol. The van der Waals surface area contributed by atoms with Gasteiger partial charge in [0.1, 0.15) is 0 Å². The quantitative estimate of drug-likeness (QED) is 0.636. The molecule has 0 nitrogen and oxygen atoms in total. The molecule has 2 aromatic carbocycles. The average Bonchev–Trinajstić information content (AvgIpc) is 2.46. The molecule has 0 N–H and O–H groups in total. The third-order valence-corrected chi connectivity index (χ3v) is 4.82. The van der Waals surface area contributed by atoms with Crippen molar-refractivity contribution >= 4 is 0 Å². The Morgan fingerprint density at radius 3 is 1.72 bits per heavy atom. The zero-order valence-corrected chi connectivity index (χ0v) is 10.6. The molecule has 2 aliphatic carbocycles. The summed E-state index contributed by atoms with van der Waals surface area (Å²) < 4.78 is 0. The molecule has 0 fully saturated rings. The Balaban J connectivity index is 1.91. The zero-order chi connectivity index (χ0) is 11.9. The highest BCUT2D eigenvalue weighted by molar-refractivity contribution is 5.45. The van der Waals surface area contributed by atoms with E-state index in [-0.39, 0.29) is 0 Å². The highest BCUT2D eigenvalue weighted by Gasteiger charge is 2.34. The van der Waals surface area contributed by atoms with Crippen LogP contribution in [0.5, 0.6) is 0 Å². The van der Waals surface area contributed by atoms with Crippen molar-refractivity contribution in [1.29, 1.82) is 0 Å². The lowest BCUT2D eigenvalue weighted by Crippen LogP contribution is -2.26. The lowest BCUT2D eigenvalue weighted by molar-refractivity contribution is 0.363. The Bertz CT molecular complexity index is 531. The number of rotatable bonds is 0. The van der Waals surface area contributed by atoms with E-state index in [1.807, 2.05) is 0 Å². The van der Waals surface area contributed by atoms with E-state index in [0.29, 0.717) is 5.92 Å². The van der Waals surface area contributed by atoms with Crippen molar-refractivity contribution in [2.45, 2.75) is 31.6 Å². The molecule has 90 valence electrons. The molecule has 2 aliphatic rings. The van der Waals surface area contributed by atoms with Crippen LogP contribution in [0.1, 0.15) is 41.0 Å². The molecule has 0 unspecified atom stereocenters. The van der Waals surface area contributed by atoms with Crippen molar-refractivity contribution in [3.8, 4) is 0 Å². The summed E-state index contributed by atoms with van der Waals surface area (Å²) in [6, 6.07) is 18.1. The summed E-state index contributed by atoms with van der Waals surface area (Å²) in [4.78, 5) is 0. The second kappa shape index (κ2) is 3.98. The van der Waals surface area contributed by atoms with Crippen molar-refractivity contribution in [3.63, 3.8) is 0 Å². The second-order valence-electron chi connectivity index (χ2n) is 5.71. The molecule has 0 spiro atoms. The molecule has 18 heavy (non-hydrogen) atoms. The van der Waals surface area contributed by atoms with Gasteiger partial charge < -0.3 is 0 Å². The number of hydrogen-bond donors (Lipinski definition) is 0. The van der Waals surface area contributed by atoms with Gasteiger partial charge in [0, 0.05) is 5.92 Å². The van der Waals surface area contributed by atoms with E-state index >= 15 is 0 Å². The van der Waals surface area contributed by atoms with Crippen LogP contribution in [-0.2, 0) is 12.8 Å². The highest BCUT2D eigenvalue weighted by Crippen LogP contribution is 2.46. The van der Waals surface area contributed by atoms with Crippen LogP contribution in [0.2, 0.25) is 0 Å². The first-order valence-corrected chi connectivity index (χ1v) is 7.09. The molecule has 2 aromatic rings. The number of hydrogen-bond acceptors (Lipinski definition) is 0. The van der Waals surface area contributed by atoms with E-state index < -0.39 is 0 Å². The molecule has 0 atom stereocenters. The fraction of sp³-hybridized carbons (Fsp3) is 0.333. The topological polar surface area (TPSA) is 0 Å². The maximum atomic E-state index is 2.36. The molecule has 0 radical (unpaired) electrons. The van der Waals surface area contributed by atoms with Crippen LogP contribution in [-0.4, -0.2) is 0 Å². The fourth-order valence-electron chi connectivity index (χ4n) is 3.97. The zero-order valence-electron chi connectivity index (χ0n) is 10.6. The van der Waals surface area contributed by atoms with E-state index in [4.69, 9.17) is 0 Å². The van der Waals surface area contributed by atoms with Crippen LogP contribution in [0.15, 0.2) is 48.5 Å². The van der Waals surface area contributed by atoms with Gasteiger partial charge in [0.05, 0.1) is 0 Å². The highest BCUT2D eigenvalue weighted by atomic mass is 14.4. The summed E-state index contributed by atoms with van der Waals surface area (Å²) in [5, 5.41) is 0. The van der Waals surface area contributed by atoms with Gasteiger partial charge in [-0.25, -0.2) is 0 Å². The van der Waals surface area contributed by atoms with E-state index in [9.17, 15) is 0 Å². The van der Waals surface area contributed by atoms with Crippen LogP contribution in [0.3, 0.4) is 0 Å². The van der Waals surface area contributed by atoms with Gasteiger partial charge in [0.2, 0.25) is 0 Å². The molecule has 0 heteroatoms. The van der Waals surface area contributed by atoms with Gasteiger partial charge in [-0.05, 0) is 53.9 Å². The summed E-state index contributed by atoms with van der Waals surface area (Å²) >= 11 is 0. The first-order valence-electron chi connectivity index (χ1n) is 7.09. The Morgan fingerprint density at radius 2 is 1.17 bits per heavy atom. The first-order chi connectivity index (χ1) is 8.93. The summed E-state index contributed by atoms with van der Waals surface area (Å²) in [5.74, 6) is 1.54. The first kappa shape index (κ1) is 10.4. The van der Waals surface area contributed by atoms with Gasteiger partial charge in [0.15, 0.2) is 0 Å². The van der Waals surface area contributed by atoms with Gasteiger partial charge in [-0.1, -0.05) is 48.5 Å². The largest absolute Gasteiger partial charge is 0.0620 e. The molecule has 0 heterocycles. The van der Waals surface area contributed by atoms with Crippen LogP contribution >= 0.6 is 0 Å². The fourth-order valence-corrected chi connectivity index (χ4v) is 3.97. The van der Waals surface area contributed by atoms with Crippen molar-refractivity contribution in [2.24, 2.45) is 5.92 Å². The molecular formula is C18H18. The second-order valence-corrected chi connectivity index (χ2v) is 5.71. The normalized spacial score (nSPS) is 24.9. The van der Waals surface area contributed by atoms with E-state index in [1.165, 1.54) is 25.7 Å².